The normalized spacial score (nSPS) is 10.8. The van der Waals surface area contributed by atoms with E-state index in [1.54, 1.807) is 0 Å². The number of rotatable bonds is 5. The molecule has 0 aromatic carbocycles. The Labute approximate surface area is 102 Å². The van der Waals surface area contributed by atoms with E-state index in [0.717, 1.165) is 31.4 Å². The molecule has 0 spiro atoms. The SMILES string of the molecule is CCCc1nn(C(CC)CC)c(Cl)c1C#N. The van der Waals surface area contributed by atoms with Crippen molar-refractivity contribution in [2.75, 3.05) is 0 Å². The van der Waals surface area contributed by atoms with E-state index in [9.17, 15) is 0 Å². The summed E-state index contributed by atoms with van der Waals surface area (Å²) in [5, 5.41) is 14.1. The van der Waals surface area contributed by atoms with Crippen molar-refractivity contribution in [1.82, 2.24) is 9.78 Å². The van der Waals surface area contributed by atoms with Gasteiger partial charge in [0.05, 0.1) is 11.7 Å². The molecule has 0 radical (unpaired) electrons. The molecule has 16 heavy (non-hydrogen) atoms. The van der Waals surface area contributed by atoms with Gasteiger partial charge in [-0.05, 0) is 19.3 Å². The molecule has 0 saturated carbocycles. The number of aromatic nitrogens is 2. The van der Waals surface area contributed by atoms with Crippen molar-refractivity contribution in [3.63, 3.8) is 0 Å². The second kappa shape index (κ2) is 5.91. The third-order valence-corrected chi connectivity index (χ3v) is 3.17. The molecule has 0 atom stereocenters. The fraction of sp³-hybridized carbons (Fsp3) is 0.667. The van der Waals surface area contributed by atoms with Crippen LogP contribution in [0.2, 0.25) is 5.15 Å². The Kier molecular flexibility index (Phi) is 4.82. The van der Waals surface area contributed by atoms with E-state index < -0.39 is 0 Å². The largest absolute Gasteiger partial charge is 0.249 e. The molecule has 0 saturated heterocycles. The minimum atomic E-state index is 0.296. The summed E-state index contributed by atoms with van der Waals surface area (Å²) in [5.41, 5.74) is 1.39. The molecule has 0 amide bonds. The lowest BCUT2D eigenvalue weighted by Gasteiger charge is -2.13. The third-order valence-electron chi connectivity index (χ3n) is 2.81. The van der Waals surface area contributed by atoms with Crippen LogP contribution in [0.4, 0.5) is 0 Å². The van der Waals surface area contributed by atoms with Gasteiger partial charge in [0.25, 0.3) is 0 Å². The van der Waals surface area contributed by atoms with Gasteiger partial charge in [-0.15, -0.1) is 0 Å². The molecule has 0 bridgehead atoms. The molecule has 0 N–H and O–H groups in total. The van der Waals surface area contributed by atoms with E-state index in [4.69, 9.17) is 16.9 Å². The van der Waals surface area contributed by atoms with Crippen LogP contribution in [0, 0.1) is 11.3 Å². The second-order valence-corrected chi connectivity index (χ2v) is 4.25. The van der Waals surface area contributed by atoms with E-state index in [0.29, 0.717) is 16.8 Å². The smallest absolute Gasteiger partial charge is 0.145 e. The highest BCUT2D eigenvalue weighted by molar-refractivity contribution is 6.30. The first-order valence-electron chi connectivity index (χ1n) is 5.86. The van der Waals surface area contributed by atoms with Crippen LogP contribution >= 0.6 is 11.6 Å². The lowest BCUT2D eigenvalue weighted by atomic mass is 10.2. The molecular weight excluding hydrogens is 222 g/mol. The Balaban J connectivity index is 3.17. The summed E-state index contributed by atoms with van der Waals surface area (Å²) in [4.78, 5) is 0. The highest BCUT2D eigenvalue weighted by Crippen LogP contribution is 2.26. The fourth-order valence-corrected chi connectivity index (χ4v) is 2.18. The van der Waals surface area contributed by atoms with Gasteiger partial charge in [0.2, 0.25) is 0 Å². The number of nitrogens with zero attached hydrogens (tertiary/aromatic N) is 3. The van der Waals surface area contributed by atoms with Crippen molar-refractivity contribution < 1.29 is 0 Å². The summed E-state index contributed by atoms with van der Waals surface area (Å²) in [5.74, 6) is 0. The summed E-state index contributed by atoms with van der Waals surface area (Å²) < 4.78 is 1.81. The van der Waals surface area contributed by atoms with Gasteiger partial charge in [-0.25, -0.2) is 4.68 Å². The first-order valence-corrected chi connectivity index (χ1v) is 6.24. The lowest BCUT2D eigenvalue weighted by molar-refractivity contribution is 0.426. The molecule has 0 unspecified atom stereocenters. The average Bonchev–Trinajstić information content (AvgIpc) is 2.58. The topological polar surface area (TPSA) is 41.6 Å². The second-order valence-electron chi connectivity index (χ2n) is 3.89. The number of aryl methyl sites for hydroxylation is 1. The van der Waals surface area contributed by atoms with Crippen LogP contribution in [0.15, 0.2) is 0 Å². The summed E-state index contributed by atoms with van der Waals surface area (Å²) in [7, 11) is 0. The van der Waals surface area contributed by atoms with E-state index >= 15 is 0 Å². The molecule has 88 valence electrons. The van der Waals surface area contributed by atoms with Gasteiger partial charge in [-0.2, -0.15) is 10.4 Å². The van der Waals surface area contributed by atoms with Gasteiger partial charge in [0.1, 0.15) is 16.8 Å². The third kappa shape index (κ3) is 2.38. The predicted molar refractivity (Wildman–Crippen MR) is 65.6 cm³/mol. The summed E-state index contributed by atoms with van der Waals surface area (Å²) >= 11 is 6.20. The molecule has 0 aliphatic carbocycles. The molecule has 0 aliphatic rings. The van der Waals surface area contributed by atoms with E-state index in [1.807, 2.05) is 4.68 Å². The van der Waals surface area contributed by atoms with Gasteiger partial charge in [-0.3, -0.25) is 0 Å². The monoisotopic (exact) mass is 239 g/mol. The Morgan fingerprint density at radius 2 is 2.00 bits per heavy atom. The van der Waals surface area contributed by atoms with Crippen LogP contribution in [0.1, 0.15) is 57.3 Å². The van der Waals surface area contributed by atoms with Crippen molar-refractivity contribution in [1.29, 1.82) is 5.26 Å². The Hall–Kier alpha value is -1.01. The van der Waals surface area contributed by atoms with Crippen LogP contribution in [-0.4, -0.2) is 9.78 Å². The first-order chi connectivity index (χ1) is 7.69. The van der Waals surface area contributed by atoms with Crippen LogP contribution < -0.4 is 0 Å². The fourth-order valence-electron chi connectivity index (χ4n) is 1.86. The van der Waals surface area contributed by atoms with E-state index in [2.05, 4.69) is 31.9 Å². The Morgan fingerprint density at radius 1 is 1.38 bits per heavy atom. The van der Waals surface area contributed by atoms with Crippen molar-refractivity contribution in [2.24, 2.45) is 0 Å². The summed E-state index contributed by atoms with van der Waals surface area (Å²) in [6.07, 6.45) is 3.75. The average molecular weight is 240 g/mol. The molecule has 1 aromatic rings. The molecular formula is C12H18ClN3. The summed E-state index contributed by atoms with van der Waals surface area (Å²) in [6.45, 7) is 6.29. The predicted octanol–water partition coefficient (Wildman–Crippen LogP) is 3.72. The Morgan fingerprint density at radius 3 is 2.44 bits per heavy atom. The standard InChI is InChI=1S/C12H18ClN3/c1-4-7-11-10(8-14)12(13)16(15-11)9(5-2)6-3/h9H,4-7H2,1-3H3. The quantitative estimate of drug-likeness (QED) is 0.786. The molecule has 4 heteroatoms. The number of nitriles is 1. The van der Waals surface area contributed by atoms with Gasteiger partial charge in [0.15, 0.2) is 0 Å². The first kappa shape index (κ1) is 13.1. The zero-order valence-corrected chi connectivity index (χ0v) is 10.9. The van der Waals surface area contributed by atoms with Crippen LogP contribution in [0.5, 0.6) is 0 Å². The van der Waals surface area contributed by atoms with Gasteiger partial charge in [0, 0.05) is 0 Å². The van der Waals surface area contributed by atoms with E-state index in [-0.39, 0.29) is 0 Å². The summed E-state index contributed by atoms with van der Waals surface area (Å²) in [6, 6.07) is 2.45. The van der Waals surface area contributed by atoms with E-state index in [1.165, 1.54) is 0 Å². The number of hydrogen-bond acceptors (Lipinski definition) is 2. The minimum absolute atomic E-state index is 0.296. The van der Waals surface area contributed by atoms with Gasteiger partial charge in [-0.1, -0.05) is 38.8 Å². The molecule has 1 rings (SSSR count). The molecule has 1 aromatic heterocycles. The number of hydrogen-bond donors (Lipinski definition) is 0. The minimum Gasteiger partial charge on any atom is -0.249 e. The molecule has 3 nitrogen and oxygen atoms in total. The molecule has 0 aliphatic heterocycles. The molecule has 0 fully saturated rings. The van der Waals surface area contributed by atoms with Crippen LogP contribution in [-0.2, 0) is 6.42 Å². The zero-order valence-electron chi connectivity index (χ0n) is 10.1. The van der Waals surface area contributed by atoms with Crippen molar-refractivity contribution in [3.8, 4) is 6.07 Å². The maximum absolute atomic E-state index is 9.08. The van der Waals surface area contributed by atoms with Crippen molar-refractivity contribution >= 4 is 11.6 Å². The highest BCUT2D eigenvalue weighted by atomic mass is 35.5. The van der Waals surface area contributed by atoms with Gasteiger partial charge >= 0.3 is 0 Å². The number of halogens is 1. The maximum atomic E-state index is 9.08. The van der Waals surface area contributed by atoms with Crippen molar-refractivity contribution in [3.05, 3.63) is 16.4 Å². The van der Waals surface area contributed by atoms with Crippen LogP contribution in [0.25, 0.3) is 0 Å². The Bertz CT molecular complexity index is 386. The maximum Gasteiger partial charge on any atom is 0.145 e. The zero-order chi connectivity index (χ0) is 12.1. The lowest BCUT2D eigenvalue weighted by Crippen LogP contribution is -2.09. The van der Waals surface area contributed by atoms with Gasteiger partial charge < -0.3 is 0 Å². The van der Waals surface area contributed by atoms with Crippen molar-refractivity contribution in [2.45, 2.75) is 52.5 Å². The van der Waals surface area contributed by atoms with Crippen LogP contribution in [0.3, 0.4) is 0 Å². The molecule has 1 heterocycles. The highest BCUT2D eigenvalue weighted by Gasteiger charge is 2.19.